The third kappa shape index (κ3) is 5.17. The van der Waals surface area contributed by atoms with E-state index in [0.717, 1.165) is 27.9 Å². The van der Waals surface area contributed by atoms with Crippen LogP contribution in [-0.4, -0.2) is 60.4 Å². The first-order valence-electron chi connectivity index (χ1n) is 6.56. The molecule has 0 aromatic carbocycles. The van der Waals surface area contributed by atoms with Gasteiger partial charge in [-0.3, -0.25) is 14.4 Å². The minimum absolute atomic E-state index is 0.668. The van der Waals surface area contributed by atoms with E-state index in [0.29, 0.717) is 0 Å². The van der Waals surface area contributed by atoms with Gasteiger partial charge in [0.05, 0.1) is 7.11 Å². The third-order valence-corrected chi connectivity index (χ3v) is 3.56. The molecule has 0 spiro atoms. The molecule has 1 aliphatic heterocycles. The smallest absolute Gasteiger partial charge is 0.339 e. The standard InChI is InChI=1S/C13H17BrO9/c1-5(15)20-8-9(21-6(2)16)11(13(18)19-4)23-12(14)10(8)22-7(3)17/h8-12H,1-4H3/t8-,9-,10-,11-,12+/m0/s1. The van der Waals surface area contributed by atoms with Crippen molar-refractivity contribution < 1.29 is 42.9 Å². The number of esters is 4. The average molecular weight is 397 g/mol. The zero-order valence-electron chi connectivity index (χ0n) is 12.9. The predicted octanol–water partition coefficient (Wildman–Crippen LogP) is 0.0743. The summed E-state index contributed by atoms with van der Waals surface area (Å²) in [4.78, 5) is 45.8. The predicted molar refractivity (Wildman–Crippen MR) is 76.3 cm³/mol. The highest BCUT2D eigenvalue weighted by molar-refractivity contribution is 9.09. The molecule has 0 unspecified atom stereocenters. The summed E-state index contributed by atoms with van der Waals surface area (Å²) in [5, 5.41) is -0.980. The largest absolute Gasteiger partial charge is 0.467 e. The Labute approximate surface area is 140 Å². The molecule has 0 N–H and O–H groups in total. The first-order chi connectivity index (χ1) is 10.7. The van der Waals surface area contributed by atoms with E-state index in [1.807, 2.05) is 0 Å². The van der Waals surface area contributed by atoms with Crippen LogP contribution in [0.1, 0.15) is 20.8 Å². The van der Waals surface area contributed by atoms with E-state index >= 15 is 0 Å². The molecule has 0 aromatic rings. The molecule has 0 aromatic heterocycles. The van der Waals surface area contributed by atoms with Crippen molar-refractivity contribution in [3.8, 4) is 0 Å². The summed E-state index contributed by atoms with van der Waals surface area (Å²) in [5.41, 5.74) is 0. The molecular formula is C13H17BrO9. The SMILES string of the molecule is COC(=O)[C@H]1O[C@@H](Br)[C@@H](OC(C)=O)[C@@H](OC(C)=O)[C@@H]1OC(C)=O. The summed E-state index contributed by atoms with van der Waals surface area (Å²) in [5.74, 6) is -2.95. The lowest BCUT2D eigenvalue weighted by Gasteiger charge is -2.41. The molecule has 10 heteroatoms. The number of halogens is 1. The van der Waals surface area contributed by atoms with Crippen molar-refractivity contribution >= 4 is 39.8 Å². The Morgan fingerprint density at radius 3 is 1.70 bits per heavy atom. The Kier molecular flexibility index (Phi) is 6.95. The van der Waals surface area contributed by atoms with Gasteiger partial charge in [0, 0.05) is 20.8 Å². The normalized spacial score (nSPS) is 30.0. The molecule has 1 rings (SSSR count). The van der Waals surface area contributed by atoms with Crippen molar-refractivity contribution in [2.45, 2.75) is 50.2 Å². The van der Waals surface area contributed by atoms with Crippen LogP contribution in [0.15, 0.2) is 0 Å². The topological polar surface area (TPSA) is 114 Å². The number of ether oxygens (including phenoxy) is 5. The summed E-state index contributed by atoms with van der Waals surface area (Å²) in [6, 6.07) is 0. The zero-order valence-corrected chi connectivity index (χ0v) is 14.5. The van der Waals surface area contributed by atoms with E-state index in [4.69, 9.17) is 18.9 Å². The number of hydrogen-bond donors (Lipinski definition) is 0. The summed E-state index contributed by atoms with van der Waals surface area (Å²) in [6.45, 7) is 3.39. The zero-order chi connectivity index (χ0) is 17.7. The Bertz CT molecular complexity index is 492. The van der Waals surface area contributed by atoms with Gasteiger partial charge in [-0.05, 0) is 0 Å². The maximum absolute atomic E-state index is 11.9. The fourth-order valence-corrected chi connectivity index (χ4v) is 2.71. The van der Waals surface area contributed by atoms with E-state index < -0.39 is 53.3 Å². The Hall–Kier alpha value is -1.68. The van der Waals surface area contributed by atoms with Crippen LogP contribution in [0, 0.1) is 0 Å². The Morgan fingerprint density at radius 1 is 0.826 bits per heavy atom. The number of rotatable bonds is 4. The monoisotopic (exact) mass is 396 g/mol. The van der Waals surface area contributed by atoms with Gasteiger partial charge >= 0.3 is 23.9 Å². The van der Waals surface area contributed by atoms with E-state index in [1.165, 1.54) is 0 Å². The summed E-state index contributed by atoms with van der Waals surface area (Å²) in [7, 11) is 1.12. The van der Waals surface area contributed by atoms with Gasteiger partial charge in [-0.2, -0.15) is 0 Å². The van der Waals surface area contributed by atoms with Gasteiger partial charge in [0.25, 0.3) is 0 Å². The molecular weight excluding hydrogens is 380 g/mol. The van der Waals surface area contributed by atoms with Crippen LogP contribution < -0.4 is 0 Å². The lowest BCUT2D eigenvalue weighted by molar-refractivity contribution is -0.234. The molecule has 9 nitrogen and oxygen atoms in total. The van der Waals surface area contributed by atoms with Crippen LogP contribution >= 0.6 is 15.9 Å². The summed E-state index contributed by atoms with van der Waals surface area (Å²) in [6.07, 6.45) is -5.06. The van der Waals surface area contributed by atoms with E-state index in [1.54, 1.807) is 0 Å². The molecule has 0 saturated carbocycles. The number of carbonyl (C=O) groups is 4. The van der Waals surface area contributed by atoms with E-state index in [-0.39, 0.29) is 0 Å². The quantitative estimate of drug-likeness (QED) is 0.369. The lowest BCUT2D eigenvalue weighted by atomic mass is 9.99. The highest BCUT2D eigenvalue weighted by atomic mass is 79.9. The van der Waals surface area contributed by atoms with Crippen LogP contribution in [0.25, 0.3) is 0 Å². The second-order valence-corrected chi connectivity index (χ2v) is 5.56. The fraction of sp³-hybridized carbons (Fsp3) is 0.692. The van der Waals surface area contributed by atoms with Gasteiger partial charge in [-0.15, -0.1) is 0 Å². The average Bonchev–Trinajstić information content (AvgIpc) is 2.43. The highest BCUT2D eigenvalue weighted by Gasteiger charge is 2.53. The minimum atomic E-state index is -1.36. The van der Waals surface area contributed by atoms with Gasteiger partial charge < -0.3 is 23.7 Å². The van der Waals surface area contributed by atoms with Crippen LogP contribution in [0.2, 0.25) is 0 Å². The van der Waals surface area contributed by atoms with E-state index in [9.17, 15) is 19.2 Å². The molecule has 1 fully saturated rings. The van der Waals surface area contributed by atoms with E-state index in [2.05, 4.69) is 20.7 Å². The van der Waals surface area contributed by atoms with Gasteiger partial charge in [0.1, 0.15) is 0 Å². The molecule has 5 atom stereocenters. The summed E-state index contributed by atoms with van der Waals surface area (Å²) >= 11 is 3.11. The molecule has 23 heavy (non-hydrogen) atoms. The minimum Gasteiger partial charge on any atom is -0.467 e. The van der Waals surface area contributed by atoms with Crippen LogP contribution in [0.5, 0.6) is 0 Å². The van der Waals surface area contributed by atoms with Crippen molar-refractivity contribution in [3.63, 3.8) is 0 Å². The van der Waals surface area contributed by atoms with Gasteiger partial charge in [0.15, 0.2) is 29.4 Å². The lowest BCUT2D eigenvalue weighted by Crippen LogP contribution is -2.61. The van der Waals surface area contributed by atoms with Crippen molar-refractivity contribution in [2.75, 3.05) is 7.11 Å². The Balaban J connectivity index is 3.21. The number of carbonyl (C=O) groups excluding carboxylic acids is 4. The van der Waals surface area contributed by atoms with Crippen molar-refractivity contribution in [2.24, 2.45) is 0 Å². The maximum Gasteiger partial charge on any atom is 0.339 e. The van der Waals surface area contributed by atoms with Crippen molar-refractivity contribution in [1.82, 2.24) is 0 Å². The summed E-state index contributed by atoms with van der Waals surface area (Å²) < 4.78 is 25.2. The molecule has 1 saturated heterocycles. The third-order valence-electron chi connectivity index (χ3n) is 2.82. The second kappa shape index (κ2) is 8.25. The molecule has 1 heterocycles. The molecule has 0 bridgehead atoms. The molecule has 0 amide bonds. The number of alkyl halides is 1. The first kappa shape index (κ1) is 19.4. The van der Waals surface area contributed by atoms with Crippen LogP contribution in [0.4, 0.5) is 0 Å². The number of methoxy groups -OCH3 is 1. The maximum atomic E-state index is 11.9. The van der Waals surface area contributed by atoms with Crippen LogP contribution in [-0.2, 0) is 42.9 Å². The van der Waals surface area contributed by atoms with Crippen molar-refractivity contribution in [3.05, 3.63) is 0 Å². The molecule has 0 aliphatic carbocycles. The van der Waals surface area contributed by atoms with Gasteiger partial charge in [-0.1, -0.05) is 15.9 Å². The molecule has 130 valence electrons. The first-order valence-corrected chi connectivity index (χ1v) is 7.48. The molecule has 0 radical (unpaired) electrons. The molecule has 1 aliphatic rings. The second-order valence-electron chi connectivity index (χ2n) is 4.65. The van der Waals surface area contributed by atoms with Gasteiger partial charge in [-0.25, -0.2) is 4.79 Å². The highest BCUT2D eigenvalue weighted by Crippen LogP contribution is 2.31. The van der Waals surface area contributed by atoms with Crippen molar-refractivity contribution in [1.29, 1.82) is 0 Å². The number of hydrogen-bond acceptors (Lipinski definition) is 9. The fourth-order valence-electron chi connectivity index (χ4n) is 2.07. The van der Waals surface area contributed by atoms with Gasteiger partial charge in [0.2, 0.25) is 0 Å². The van der Waals surface area contributed by atoms with Crippen LogP contribution in [0.3, 0.4) is 0 Å². The Morgan fingerprint density at radius 2 is 1.26 bits per heavy atom.